The van der Waals surface area contributed by atoms with E-state index in [0.717, 1.165) is 5.56 Å². The lowest BCUT2D eigenvalue weighted by Gasteiger charge is -2.23. The van der Waals surface area contributed by atoms with Crippen LogP contribution in [-0.2, 0) is 7.05 Å². The van der Waals surface area contributed by atoms with E-state index in [1.165, 1.54) is 0 Å². The Bertz CT molecular complexity index is 1050. The number of ether oxygens (including phenoxy) is 3. The minimum Gasteiger partial charge on any atom is -0.496 e. The molecule has 3 aromatic rings. The Morgan fingerprint density at radius 3 is 2.83 bits per heavy atom. The van der Waals surface area contributed by atoms with Gasteiger partial charge in [0.25, 0.3) is 5.91 Å². The van der Waals surface area contributed by atoms with E-state index in [-0.39, 0.29) is 5.91 Å². The number of imidazole rings is 1. The summed E-state index contributed by atoms with van der Waals surface area (Å²) in [7, 11) is 3.47. The molecule has 1 atom stereocenters. The summed E-state index contributed by atoms with van der Waals surface area (Å²) in [5, 5.41) is 3.38. The maximum absolute atomic E-state index is 13.1. The Morgan fingerprint density at radius 1 is 1.28 bits per heavy atom. The maximum atomic E-state index is 13.1. The highest BCUT2D eigenvalue weighted by atomic mass is 35.5. The van der Waals surface area contributed by atoms with Gasteiger partial charge in [0.05, 0.1) is 12.1 Å². The fourth-order valence-electron chi connectivity index (χ4n) is 3.30. The zero-order valence-corrected chi connectivity index (χ0v) is 16.8. The van der Waals surface area contributed by atoms with Crippen LogP contribution in [0.2, 0.25) is 5.02 Å². The molecule has 29 heavy (non-hydrogen) atoms. The number of carbonyl (C=O) groups is 1. The van der Waals surface area contributed by atoms with Crippen molar-refractivity contribution < 1.29 is 19.0 Å². The van der Waals surface area contributed by atoms with E-state index in [1.54, 1.807) is 25.4 Å². The van der Waals surface area contributed by atoms with Gasteiger partial charge in [-0.1, -0.05) is 29.8 Å². The summed E-state index contributed by atoms with van der Waals surface area (Å²) in [4.78, 5) is 17.6. The van der Waals surface area contributed by atoms with E-state index in [2.05, 4.69) is 10.3 Å². The smallest absolute Gasteiger partial charge is 0.252 e. The average molecular weight is 414 g/mol. The third kappa shape index (κ3) is 3.73. The van der Waals surface area contributed by atoms with Crippen molar-refractivity contribution in [1.29, 1.82) is 0 Å². The van der Waals surface area contributed by atoms with E-state index in [1.807, 2.05) is 42.1 Å². The van der Waals surface area contributed by atoms with Crippen LogP contribution in [0, 0.1) is 0 Å². The standard InChI is InChI=1S/C21H20ClN3O4/c1-25-8-7-23-20(25)18(14-5-3-4-6-16(14)27-2)24-21(26)13-11-15(22)19-17(12-13)28-9-10-29-19/h3-8,11-12,18H,9-10H2,1-2H3,(H,24,26). The van der Waals surface area contributed by atoms with Crippen molar-refractivity contribution in [2.45, 2.75) is 6.04 Å². The third-order valence-electron chi connectivity index (χ3n) is 4.70. The number of hydrogen-bond acceptors (Lipinski definition) is 5. The molecule has 1 aromatic heterocycles. The number of aromatic nitrogens is 2. The number of benzene rings is 2. The van der Waals surface area contributed by atoms with Gasteiger partial charge >= 0.3 is 0 Å². The molecule has 150 valence electrons. The molecule has 0 radical (unpaired) electrons. The van der Waals surface area contributed by atoms with Crippen LogP contribution >= 0.6 is 11.6 Å². The van der Waals surface area contributed by atoms with Gasteiger partial charge < -0.3 is 24.1 Å². The summed E-state index contributed by atoms with van der Waals surface area (Å²) in [5.74, 6) is 1.93. The summed E-state index contributed by atoms with van der Waals surface area (Å²) in [6.07, 6.45) is 3.51. The summed E-state index contributed by atoms with van der Waals surface area (Å²) < 4.78 is 18.5. The summed E-state index contributed by atoms with van der Waals surface area (Å²) in [5.41, 5.74) is 1.16. The molecule has 0 saturated carbocycles. The number of nitrogens with zero attached hydrogens (tertiary/aromatic N) is 2. The van der Waals surface area contributed by atoms with Gasteiger partial charge in [0.1, 0.15) is 30.8 Å². The molecule has 4 rings (SSSR count). The molecule has 8 heteroatoms. The third-order valence-corrected chi connectivity index (χ3v) is 4.98. The first-order valence-corrected chi connectivity index (χ1v) is 9.46. The molecule has 0 aliphatic carbocycles. The first-order chi connectivity index (χ1) is 14.1. The monoisotopic (exact) mass is 413 g/mol. The lowest BCUT2D eigenvalue weighted by molar-refractivity contribution is 0.0939. The van der Waals surface area contributed by atoms with E-state index >= 15 is 0 Å². The highest BCUT2D eigenvalue weighted by Crippen LogP contribution is 2.38. The number of halogens is 1. The number of rotatable bonds is 5. The van der Waals surface area contributed by atoms with Crippen LogP contribution in [0.25, 0.3) is 0 Å². The topological polar surface area (TPSA) is 74.6 Å². The van der Waals surface area contributed by atoms with Crippen molar-refractivity contribution >= 4 is 17.5 Å². The van der Waals surface area contributed by atoms with Crippen LogP contribution in [0.5, 0.6) is 17.2 Å². The van der Waals surface area contributed by atoms with Crippen molar-refractivity contribution in [3.63, 3.8) is 0 Å². The van der Waals surface area contributed by atoms with Crippen LogP contribution in [0.4, 0.5) is 0 Å². The molecule has 2 aromatic carbocycles. The summed E-state index contributed by atoms with van der Waals surface area (Å²) in [6.45, 7) is 0.832. The van der Waals surface area contributed by atoms with Gasteiger partial charge in [-0.15, -0.1) is 0 Å². The Labute approximate surface area is 173 Å². The first kappa shape index (κ1) is 19.1. The molecule has 7 nitrogen and oxygen atoms in total. The second kappa shape index (κ2) is 8.05. The minimum absolute atomic E-state index is 0.317. The fourth-order valence-corrected chi connectivity index (χ4v) is 3.56. The number of para-hydroxylation sites is 1. The largest absolute Gasteiger partial charge is 0.496 e. The quantitative estimate of drug-likeness (QED) is 0.694. The highest BCUT2D eigenvalue weighted by molar-refractivity contribution is 6.32. The Balaban J connectivity index is 1.71. The maximum Gasteiger partial charge on any atom is 0.252 e. The summed E-state index contributed by atoms with van der Waals surface area (Å²) in [6, 6.07) is 10.2. The lowest BCUT2D eigenvalue weighted by Crippen LogP contribution is -2.31. The zero-order valence-electron chi connectivity index (χ0n) is 16.0. The van der Waals surface area contributed by atoms with E-state index in [4.69, 9.17) is 25.8 Å². The van der Waals surface area contributed by atoms with Gasteiger partial charge in [-0.05, 0) is 18.2 Å². The average Bonchev–Trinajstić information content (AvgIpc) is 3.17. The summed E-state index contributed by atoms with van der Waals surface area (Å²) >= 11 is 6.30. The van der Waals surface area contributed by atoms with Crippen LogP contribution in [0.1, 0.15) is 27.8 Å². The molecule has 1 unspecified atom stereocenters. The van der Waals surface area contributed by atoms with Crippen molar-refractivity contribution in [2.75, 3.05) is 20.3 Å². The van der Waals surface area contributed by atoms with Crippen LogP contribution in [0.3, 0.4) is 0 Å². The van der Waals surface area contributed by atoms with Crippen LogP contribution in [-0.4, -0.2) is 35.8 Å². The van der Waals surface area contributed by atoms with Gasteiger partial charge in [0.2, 0.25) is 0 Å². The molecule has 1 N–H and O–H groups in total. The van der Waals surface area contributed by atoms with Gasteiger partial charge in [-0.25, -0.2) is 4.98 Å². The van der Waals surface area contributed by atoms with E-state index in [9.17, 15) is 4.79 Å². The van der Waals surface area contributed by atoms with Crippen molar-refractivity contribution in [1.82, 2.24) is 14.9 Å². The Morgan fingerprint density at radius 2 is 2.07 bits per heavy atom. The molecule has 0 bridgehead atoms. The predicted octanol–water partition coefficient (Wildman–Crippen LogP) is 3.37. The van der Waals surface area contributed by atoms with E-state index < -0.39 is 6.04 Å². The number of methoxy groups -OCH3 is 1. The number of fused-ring (bicyclic) bond motifs is 1. The van der Waals surface area contributed by atoms with Crippen molar-refractivity contribution in [3.8, 4) is 17.2 Å². The van der Waals surface area contributed by atoms with Crippen molar-refractivity contribution in [3.05, 3.63) is 70.8 Å². The molecule has 0 spiro atoms. The molecule has 1 aliphatic heterocycles. The second-order valence-corrected chi connectivity index (χ2v) is 6.93. The molecule has 0 fully saturated rings. The number of carbonyl (C=O) groups excluding carboxylic acids is 1. The van der Waals surface area contributed by atoms with Gasteiger partial charge in [0.15, 0.2) is 11.5 Å². The number of amides is 1. The van der Waals surface area contributed by atoms with Crippen LogP contribution in [0.15, 0.2) is 48.8 Å². The number of nitrogens with one attached hydrogen (secondary N) is 1. The SMILES string of the molecule is COc1ccccc1C(NC(=O)c1cc(Cl)c2c(c1)OCCO2)c1nccn1C. The molecular formula is C21H20ClN3O4. The van der Waals surface area contributed by atoms with Gasteiger partial charge in [0, 0.05) is 30.6 Å². The number of hydrogen-bond donors (Lipinski definition) is 1. The second-order valence-electron chi connectivity index (χ2n) is 6.53. The first-order valence-electron chi connectivity index (χ1n) is 9.08. The van der Waals surface area contributed by atoms with E-state index in [0.29, 0.717) is 46.9 Å². The zero-order chi connectivity index (χ0) is 20.4. The molecule has 2 heterocycles. The molecule has 1 amide bonds. The number of aryl methyl sites for hydroxylation is 1. The lowest BCUT2D eigenvalue weighted by atomic mass is 10.0. The molecule has 1 aliphatic rings. The van der Waals surface area contributed by atoms with Crippen molar-refractivity contribution in [2.24, 2.45) is 7.05 Å². The van der Waals surface area contributed by atoms with Gasteiger partial charge in [-0.3, -0.25) is 4.79 Å². The normalized spacial score (nSPS) is 13.6. The minimum atomic E-state index is -0.523. The Kier molecular flexibility index (Phi) is 5.31. The molecule has 0 saturated heterocycles. The van der Waals surface area contributed by atoms with Gasteiger partial charge in [-0.2, -0.15) is 0 Å². The van der Waals surface area contributed by atoms with Crippen LogP contribution < -0.4 is 19.5 Å². The predicted molar refractivity (Wildman–Crippen MR) is 108 cm³/mol. The molecular weight excluding hydrogens is 394 g/mol. The fraction of sp³-hybridized carbons (Fsp3) is 0.238. The Hall–Kier alpha value is -3.19. The highest BCUT2D eigenvalue weighted by Gasteiger charge is 2.26.